The number of rotatable bonds is 7. The molecular weight excluding hydrogens is 404 g/mol. The van der Waals surface area contributed by atoms with Crippen LogP contribution in [0.25, 0.3) is 11.4 Å². The van der Waals surface area contributed by atoms with Crippen LogP contribution in [0.4, 0.5) is 32.6 Å². The first-order valence-corrected chi connectivity index (χ1v) is 8.45. The third-order valence-corrected chi connectivity index (χ3v) is 3.38. The number of nitrogens with one attached hydrogen (secondary N) is 2. The average Bonchev–Trinajstić information content (AvgIpc) is 2.68. The summed E-state index contributed by atoms with van der Waals surface area (Å²) in [6.07, 6.45) is -1.81. The summed E-state index contributed by atoms with van der Waals surface area (Å²) in [4.78, 5) is 51.6. The van der Waals surface area contributed by atoms with E-state index in [0.717, 1.165) is 0 Å². The van der Waals surface area contributed by atoms with Gasteiger partial charge in [0, 0.05) is 0 Å². The third-order valence-electron chi connectivity index (χ3n) is 3.38. The van der Waals surface area contributed by atoms with Gasteiger partial charge in [0.05, 0.1) is 13.2 Å². The standard InChI is InChI=1S/C16H16N6O8/c1-3-29-15(23)19-11-7-5-9(17-13(11)21(25)26)10-6-8-12(14(18-10)22(27)28)20-16(24)30-4-2/h5-8H,3-4H2,1-2H3,(H,19,23)(H,20,24). The van der Waals surface area contributed by atoms with Gasteiger partial charge in [0.1, 0.15) is 11.4 Å². The van der Waals surface area contributed by atoms with Crippen LogP contribution in [0.1, 0.15) is 13.8 Å². The number of anilines is 2. The zero-order chi connectivity index (χ0) is 22.3. The smallest absolute Gasteiger partial charge is 0.411 e. The van der Waals surface area contributed by atoms with Crippen molar-refractivity contribution in [1.82, 2.24) is 9.97 Å². The fraction of sp³-hybridized carbons (Fsp3) is 0.250. The quantitative estimate of drug-likeness (QED) is 0.497. The van der Waals surface area contributed by atoms with E-state index in [1.165, 1.54) is 24.3 Å². The van der Waals surface area contributed by atoms with E-state index in [2.05, 4.69) is 30.1 Å². The van der Waals surface area contributed by atoms with Crippen LogP contribution in [-0.2, 0) is 9.47 Å². The zero-order valence-electron chi connectivity index (χ0n) is 15.8. The van der Waals surface area contributed by atoms with Crippen LogP contribution in [0.5, 0.6) is 0 Å². The van der Waals surface area contributed by atoms with Crippen molar-refractivity contribution in [1.29, 1.82) is 0 Å². The highest BCUT2D eigenvalue weighted by Gasteiger charge is 2.26. The normalized spacial score (nSPS) is 10.1. The fourth-order valence-electron chi connectivity index (χ4n) is 2.21. The van der Waals surface area contributed by atoms with Gasteiger partial charge in [0.15, 0.2) is 0 Å². The van der Waals surface area contributed by atoms with E-state index in [4.69, 9.17) is 0 Å². The second kappa shape index (κ2) is 9.72. The van der Waals surface area contributed by atoms with Crippen LogP contribution in [-0.4, -0.2) is 45.2 Å². The molecule has 2 aromatic heterocycles. The van der Waals surface area contributed by atoms with Gasteiger partial charge >= 0.3 is 23.8 Å². The minimum Gasteiger partial charge on any atom is -0.450 e. The molecule has 0 unspecified atom stereocenters. The number of nitro groups is 2. The molecule has 0 aromatic carbocycles. The van der Waals surface area contributed by atoms with Gasteiger partial charge in [-0.15, -0.1) is 0 Å². The molecule has 2 amide bonds. The van der Waals surface area contributed by atoms with Crippen molar-refractivity contribution < 1.29 is 28.9 Å². The number of carbonyl (C=O) groups excluding carboxylic acids is 2. The molecule has 0 saturated carbocycles. The molecule has 2 aromatic rings. The number of hydrogen-bond donors (Lipinski definition) is 2. The summed E-state index contributed by atoms with van der Waals surface area (Å²) in [6.45, 7) is 3.25. The Balaban J connectivity index is 2.43. The van der Waals surface area contributed by atoms with Crippen LogP contribution in [0.3, 0.4) is 0 Å². The summed E-state index contributed by atoms with van der Waals surface area (Å²) in [5.41, 5.74) is -0.585. The average molecular weight is 420 g/mol. The van der Waals surface area contributed by atoms with Crippen LogP contribution >= 0.6 is 0 Å². The molecule has 0 aliphatic rings. The lowest BCUT2D eigenvalue weighted by molar-refractivity contribution is -0.388. The van der Waals surface area contributed by atoms with Crippen LogP contribution in [0, 0.1) is 20.2 Å². The molecule has 0 radical (unpaired) electrons. The van der Waals surface area contributed by atoms with Gasteiger partial charge in [-0.3, -0.25) is 10.6 Å². The monoisotopic (exact) mass is 420 g/mol. The second-order valence-corrected chi connectivity index (χ2v) is 5.34. The zero-order valence-corrected chi connectivity index (χ0v) is 15.8. The highest BCUT2D eigenvalue weighted by Crippen LogP contribution is 2.30. The topological polar surface area (TPSA) is 189 Å². The first-order valence-electron chi connectivity index (χ1n) is 8.45. The lowest BCUT2D eigenvalue weighted by Crippen LogP contribution is -2.15. The van der Waals surface area contributed by atoms with Crippen molar-refractivity contribution in [3.63, 3.8) is 0 Å². The Morgan fingerprint density at radius 1 is 0.833 bits per heavy atom. The Hall–Kier alpha value is -4.36. The molecule has 0 aliphatic carbocycles. The minimum absolute atomic E-state index is 0.0604. The summed E-state index contributed by atoms with van der Waals surface area (Å²) in [5.74, 6) is -1.42. The van der Waals surface area contributed by atoms with Gasteiger partial charge in [-0.05, 0) is 57.9 Å². The molecular formula is C16H16N6O8. The van der Waals surface area contributed by atoms with Crippen molar-refractivity contribution in [2.45, 2.75) is 13.8 Å². The lowest BCUT2D eigenvalue weighted by Gasteiger charge is -2.07. The summed E-state index contributed by atoms with van der Waals surface area (Å²) < 4.78 is 9.33. The van der Waals surface area contributed by atoms with Crippen LogP contribution in [0.15, 0.2) is 24.3 Å². The van der Waals surface area contributed by atoms with E-state index in [1.54, 1.807) is 13.8 Å². The Morgan fingerprint density at radius 3 is 1.50 bits per heavy atom. The Labute approximate surface area is 168 Å². The number of hydrogen-bond acceptors (Lipinski definition) is 10. The van der Waals surface area contributed by atoms with E-state index in [0.29, 0.717) is 0 Å². The molecule has 14 nitrogen and oxygen atoms in total. The highest BCUT2D eigenvalue weighted by molar-refractivity contribution is 5.88. The number of nitrogens with zero attached hydrogens (tertiary/aromatic N) is 4. The molecule has 0 bridgehead atoms. The maximum Gasteiger partial charge on any atom is 0.411 e. The van der Waals surface area contributed by atoms with E-state index < -0.39 is 33.7 Å². The number of carbonyl (C=O) groups is 2. The van der Waals surface area contributed by atoms with E-state index >= 15 is 0 Å². The van der Waals surface area contributed by atoms with Crippen LogP contribution < -0.4 is 10.6 Å². The number of aromatic nitrogens is 2. The molecule has 2 N–H and O–H groups in total. The first kappa shape index (κ1) is 21.9. The largest absolute Gasteiger partial charge is 0.450 e. The summed E-state index contributed by atoms with van der Waals surface area (Å²) in [5, 5.41) is 27.0. The van der Waals surface area contributed by atoms with Gasteiger partial charge in [0.25, 0.3) is 0 Å². The van der Waals surface area contributed by atoms with E-state index in [-0.39, 0.29) is 36.0 Å². The minimum atomic E-state index is -0.904. The predicted molar refractivity (Wildman–Crippen MR) is 102 cm³/mol. The maximum absolute atomic E-state index is 11.5. The molecule has 2 rings (SSSR count). The fourth-order valence-corrected chi connectivity index (χ4v) is 2.21. The van der Waals surface area contributed by atoms with Crippen molar-refractivity contribution in [2.75, 3.05) is 23.8 Å². The molecule has 0 aliphatic heterocycles. The van der Waals surface area contributed by atoms with Crippen molar-refractivity contribution >= 4 is 35.2 Å². The van der Waals surface area contributed by atoms with Crippen molar-refractivity contribution in [3.8, 4) is 11.4 Å². The van der Waals surface area contributed by atoms with Gasteiger partial charge in [0.2, 0.25) is 11.4 Å². The van der Waals surface area contributed by atoms with Gasteiger partial charge in [-0.25, -0.2) is 9.59 Å². The summed E-state index contributed by atoms with van der Waals surface area (Å²) in [7, 11) is 0. The summed E-state index contributed by atoms with van der Waals surface area (Å²) >= 11 is 0. The number of pyridine rings is 2. The summed E-state index contributed by atoms with van der Waals surface area (Å²) in [6, 6.07) is 4.93. The second-order valence-electron chi connectivity index (χ2n) is 5.34. The van der Waals surface area contributed by atoms with Crippen molar-refractivity contribution in [3.05, 3.63) is 44.5 Å². The maximum atomic E-state index is 11.5. The highest BCUT2D eigenvalue weighted by atomic mass is 16.6. The van der Waals surface area contributed by atoms with Crippen molar-refractivity contribution in [2.24, 2.45) is 0 Å². The molecule has 2 heterocycles. The SMILES string of the molecule is CCOC(=O)Nc1ccc(-c2ccc(NC(=O)OCC)c([N+](=O)[O-])n2)nc1[N+](=O)[O-]. The van der Waals surface area contributed by atoms with E-state index in [1.807, 2.05) is 0 Å². The Kier molecular flexibility index (Phi) is 7.11. The van der Waals surface area contributed by atoms with Crippen LogP contribution in [0.2, 0.25) is 0 Å². The molecule has 14 heteroatoms. The van der Waals surface area contributed by atoms with Gasteiger partial charge < -0.3 is 29.7 Å². The van der Waals surface area contributed by atoms with E-state index in [9.17, 15) is 29.8 Å². The Morgan fingerprint density at radius 2 is 1.20 bits per heavy atom. The number of amides is 2. The number of ether oxygens (including phenoxy) is 2. The van der Waals surface area contributed by atoms with Gasteiger partial charge in [-0.2, -0.15) is 0 Å². The molecule has 0 spiro atoms. The molecule has 30 heavy (non-hydrogen) atoms. The first-order chi connectivity index (χ1) is 14.3. The lowest BCUT2D eigenvalue weighted by atomic mass is 10.2. The third kappa shape index (κ3) is 5.34. The molecule has 0 atom stereocenters. The van der Waals surface area contributed by atoms with Gasteiger partial charge in [-0.1, -0.05) is 0 Å². The predicted octanol–water partition coefficient (Wildman–Crippen LogP) is 3.10. The molecule has 158 valence electrons. The molecule has 0 fully saturated rings. The molecule has 0 saturated heterocycles. The Bertz CT molecular complexity index is 916.